The van der Waals surface area contributed by atoms with E-state index in [1.54, 1.807) is 30.9 Å². The molecule has 0 aromatic carbocycles. The highest BCUT2D eigenvalue weighted by atomic mass is 32.2. The molecular formula is C13H24N2O4S. The SMILES string of the molecule is CCCn1cc(S(=O)(=O)N(CC)CCOC)cc1CO. The van der Waals surface area contributed by atoms with Gasteiger partial charge in [0, 0.05) is 38.6 Å². The summed E-state index contributed by atoms with van der Waals surface area (Å²) in [6.45, 7) is 5.39. The molecule has 7 heteroatoms. The summed E-state index contributed by atoms with van der Waals surface area (Å²) in [5, 5.41) is 9.31. The van der Waals surface area contributed by atoms with Crippen LogP contribution in [0.1, 0.15) is 26.0 Å². The lowest BCUT2D eigenvalue weighted by Gasteiger charge is -2.19. The molecule has 0 amide bonds. The Hall–Kier alpha value is -0.890. The van der Waals surface area contributed by atoms with E-state index in [1.165, 1.54) is 4.31 Å². The number of nitrogens with zero attached hydrogens (tertiary/aromatic N) is 2. The Kier molecular flexibility index (Phi) is 6.67. The van der Waals surface area contributed by atoms with Gasteiger partial charge in [-0.1, -0.05) is 13.8 Å². The number of aliphatic hydroxyl groups excluding tert-OH is 1. The first-order chi connectivity index (χ1) is 9.51. The van der Waals surface area contributed by atoms with Crippen molar-refractivity contribution in [3.05, 3.63) is 18.0 Å². The Bertz CT molecular complexity index is 510. The van der Waals surface area contributed by atoms with Crippen LogP contribution in [-0.4, -0.2) is 49.2 Å². The number of aliphatic hydroxyl groups is 1. The summed E-state index contributed by atoms with van der Waals surface area (Å²) in [4.78, 5) is 0.230. The first-order valence-electron chi connectivity index (χ1n) is 6.80. The topological polar surface area (TPSA) is 71.8 Å². The fraction of sp³-hybridized carbons (Fsp3) is 0.692. The second-order valence-electron chi connectivity index (χ2n) is 4.51. The highest BCUT2D eigenvalue weighted by Crippen LogP contribution is 2.19. The van der Waals surface area contributed by atoms with Gasteiger partial charge in [-0.15, -0.1) is 0 Å². The van der Waals surface area contributed by atoms with Crippen LogP contribution in [0.3, 0.4) is 0 Å². The maximum Gasteiger partial charge on any atom is 0.244 e. The number of sulfonamides is 1. The fourth-order valence-corrected chi connectivity index (χ4v) is 3.54. The zero-order valence-corrected chi connectivity index (χ0v) is 13.2. The number of ether oxygens (including phenoxy) is 1. The molecule has 1 N–H and O–H groups in total. The third kappa shape index (κ3) is 3.82. The molecule has 1 rings (SSSR count). The lowest BCUT2D eigenvalue weighted by molar-refractivity contribution is 0.180. The average molecular weight is 304 g/mol. The van der Waals surface area contributed by atoms with Crippen LogP contribution >= 0.6 is 0 Å². The van der Waals surface area contributed by atoms with Crippen molar-refractivity contribution in [1.82, 2.24) is 8.87 Å². The van der Waals surface area contributed by atoms with Gasteiger partial charge in [-0.2, -0.15) is 4.31 Å². The molecule has 0 aliphatic heterocycles. The third-order valence-corrected chi connectivity index (χ3v) is 5.06. The van der Waals surface area contributed by atoms with E-state index in [9.17, 15) is 13.5 Å². The number of aryl methyl sites for hydroxylation is 1. The Morgan fingerprint density at radius 3 is 2.60 bits per heavy atom. The van der Waals surface area contributed by atoms with Gasteiger partial charge in [-0.25, -0.2) is 8.42 Å². The predicted octanol–water partition coefficient (Wildman–Crippen LogP) is 1.05. The molecule has 0 atom stereocenters. The number of hydrogen-bond donors (Lipinski definition) is 1. The highest BCUT2D eigenvalue weighted by Gasteiger charge is 2.25. The summed E-state index contributed by atoms with van der Waals surface area (Å²) in [6, 6.07) is 1.54. The van der Waals surface area contributed by atoms with Gasteiger partial charge in [0.1, 0.15) is 4.90 Å². The molecule has 1 aromatic heterocycles. The van der Waals surface area contributed by atoms with Gasteiger partial charge in [-0.05, 0) is 12.5 Å². The van der Waals surface area contributed by atoms with E-state index in [0.29, 0.717) is 31.9 Å². The Labute approximate surface area is 121 Å². The lowest BCUT2D eigenvalue weighted by atomic mass is 10.4. The summed E-state index contributed by atoms with van der Waals surface area (Å²) in [7, 11) is -1.99. The first kappa shape index (κ1) is 17.2. The second kappa shape index (κ2) is 7.78. The number of rotatable bonds is 9. The Morgan fingerprint density at radius 1 is 1.40 bits per heavy atom. The van der Waals surface area contributed by atoms with Gasteiger partial charge >= 0.3 is 0 Å². The molecule has 6 nitrogen and oxygen atoms in total. The monoisotopic (exact) mass is 304 g/mol. The summed E-state index contributed by atoms with van der Waals surface area (Å²) in [5.74, 6) is 0. The van der Waals surface area contributed by atoms with Crippen LogP contribution in [0.2, 0.25) is 0 Å². The van der Waals surface area contributed by atoms with Crippen molar-refractivity contribution >= 4 is 10.0 Å². The molecule has 0 aliphatic carbocycles. The van der Waals surface area contributed by atoms with Crippen molar-refractivity contribution in [3.8, 4) is 0 Å². The average Bonchev–Trinajstić information content (AvgIpc) is 2.83. The molecule has 116 valence electrons. The van der Waals surface area contributed by atoms with Crippen molar-refractivity contribution in [1.29, 1.82) is 0 Å². The molecule has 1 heterocycles. The molecule has 0 aliphatic rings. The summed E-state index contributed by atoms with van der Waals surface area (Å²) >= 11 is 0. The van der Waals surface area contributed by atoms with E-state index in [0.717, 1.165) is 6.42 Å². The Balaban J connectivity index is 3.07. The smallest absolute Gasteiger partial charge is 0.244 e. The van der Waals surface area contributed by atoms with Crippen molar-refractivity contribution < 1.29 is 18.3 Å². The minimum Gasteiger partial charge on any atom is -0.390 e. The minimum absolute atomic E-state index is 0.167. The Morgan fingerprint density at radius 2 is 2.10 bits per heavy atom. The molecule has 20 heavy (non-hydrogen) atoms. The quantitative estimate of drug-likeness (QED) is 0.740. The van der Waals surface area contributed by atoms with Crippen LogP contribution in [0.15, 0.2) is 17.2 Å². The number of methoxy groups -OCH3 is 1. The van der Waals surface area contributed by atoms with E-state index in [-0.39, 0.29) is 11.5 Å². The van der Waals surface area contributed by atoms with Crippen LogP contribution < -0.4 is 0 Å². The van der Waals surface area contributed by atoms with Crippen LogP contribution in [0.4, 0.5) is 0 Å². The third-order valence-electron chi connectivity index (χ3n) is 3.12. The number of aromatic nitrogens is 1. The van der Waals surface area contributed by atoms with Gasteiger partial charge in [0.05, 0.1) is 13.2 Å². The molecule has 0 spiro atoms. The van der Waals surface area contributed by atoms with Gasteiger partial charge in [-0.3, -0.25) is 0 Å². The standard InChI is InChI=1S/C13H24N2O4S/c1-4-6-14-10-13(9-12(14)11-16)20(17,18)15(5-2)7-8-19-3/h9-10,16H,4-8,11H2,1-3H3. The fourth-order valence-electron chi connectivity index (χ4n) is 2.04. The van der Waals surface area contributed by atoms with E-state index in [4.69, 9.17) is 4.74 Å². The molecule has 0 unspecified atom stereocenters. The van der Waals surface area contributed by atoms with Gasteiger partial charge in [0.15, 0.2) is 0 Å². The minimum atomic E-state index is -3.53. The normalized spacial score (nSPS) is 12.2. The summed E-state index contributed by atoms with van der Waals surface area (Å²) < 4.78 is 33.2. The summed E-state index contributed by atoms with van der Waals surface area (Å²) in [5.41, 5.74) is 0.619. The van der Waals surface area contributed by atoms with Crippen molar-refractivity contribution in [3.63, 3.8) is 0 Å². The number of likely N-dealkylation sites (N-methyl/N-ethyl adjacent to an activating group) is 1. The van der Waals surface area contributed by atoms with Crippen LogP contribution in [-0.2, 0) is 27.9 Å². The van der Waals surface area contributed by atoms with E-state index < -0.39 is 10.0 Å². The largest absolute Gasteiger partial charge is 0.390 e. The molecular weight excluding hydrogens is 280 g/mol. The molecule has 1 aromatic rings. The first-order valence-corrected chi connectivity index (χ1v) is 8.24. The van der Waals surface area contributed by atoms with Crippen LogP contribution in [0.5, 0.6) is 0 Å². The maximum atomic E-state index is 12.5. The highest BCUT2D eigenvalue weighted by molar-refractivity contribution is 7.89. The van der Waals surface area contributed by atoms with Gasteiger partial charge < -0.3 is 14.4 Å². The lowest BCUT2D eigenvalue weighted by Crippen LogP contribution is -2.33. The van der Waals surface area contributed by atoms with E-state index >= 15 is 0 Å². The van der Waals surface area contributed by atoms with Crippen LogP contribution in [0.25, 0.3) is 0 Å². The number of hydrogen-bond acceptors (Lipinski definition) is 4. The predicted molar refractivity (Wildman–Crippen MR) is 77.0 cm³/mol. The van der Waals surface area contributed by atoms with Gasteiger partial charge in [0.2, 0.25) is 10.0 Å². The molecule has 0 saturated heterocycles. The summed E-state index contributed by atoms with van der Waals surface area (Å²) in [6.07, 6.45) is 2.47. The van der Waals surface area contributed by atoms with Crippen LogP contribution in [0, 0.1) is 0 Å². The van der Waals surface area contributed by atoms with Crippen molar-refractivity contribution in [2.75, 3.05) is 26.8 Å². The zero-order valence-electron chi connectivity index (χ0n) is 12.4. The molecule has 0 fully saturated rings. The van der Waals surface area contributed by atoms with E-state index in [1.807, 2.05) is 6.92 Å². The molecule has 0 bridgehead atoms. The van der Waals surface area contributed by atoms with Crippen molar-refractivity contribution in [2.24, 2.45) is 0 Å². The second-order valence-corrected chi connectivity index (χ2v) is 6.45. The zero-order chi connectivity index (χ0) is 15.2. The van der Waals surface area contributed by atoms with Gasteiger partial charge in [0.25, 0.3) is 0 Å². The maximum absolute atomic E-state index is 12.5. The molecule has 0 radical (unpaired) electrons. The van der Waals surface area contributed by atoms with Crippen molar-refractivity contribution in [2.45, 2.75) is 38.3 Å². The van der Waals surface area contributed by atoms with E-state index in [2.05, 4.69) is 0 Å². The molecule has 0 saturated carbocycles.